The van der Waals surface area contributed by atoms with Crippen LogP contribution >= 0.6 is 0 Å². The number of hydrogen-bond donors (Lipinski definition) is 2. The zero-order valence-corrected chi connectivity index (χ0v) is 16.3. The van der Waals surface area contributed by atoms with Crippen molar-refractivity contribution in [1.29, 1.82) is 0 Å². The summed E-state index contributed by atoms with van der Waals surface area (Å²) in [6.45, 7) is 8.63. The molecule has 2 N–H and O–H groups in total. The summed E-state index contributed by atoms with van der Waals surface area (Å²) in [6, 6.07) is 10.3. The second-order valence-electron chi connectivity index (χ2n) is 7.63. The van der Waals surface area contributed by atoms with Crippen molar-refractivity contribution < 1.29 is 0 Å². The number of likely N-dealkylation sites (tertiary alicyclic amines) is 1. The highest BCUT2D eigenvalue weighted by molar-refractivity contribution is 5.83. The van der Waals surface area contributed by atoms with E-state index in [-0.39, 0.29) is 5.54 Å². The molecular weight excluding hydrogens is 322 g/mol. The van der Waals surface area contributed by atoms with E-state index in [1.165, 1.54) is 43.3 Å². The molecular formula is C21H31N5. The van der Waals surface area contributed by atoms with Crippen LogP contribution in [0.2, 0.25) is 0 Å². The zero-order valence-electron chi connectivity index (χ0n) is 16.3. The van der Waals surface area contributed by atoms with Crippen molar-refractivity contribution >= 4 is 16.9 Å². The summed E-state index contributed by atoms with van der Waals surface area (Å²) in [5.41, 5.74) is 2.39. The average Bonchev–Trinajstić information content (AvgIpc) is 2.69. The number of para-hydroxylation sites is 1. The predicted octanol–water partition coefficient (Wildman–Crippen LogP) is 3.16. The molecule has 1 saturated heterocycles. The monoisotopic (exact) mass is 353 g/mol. The van der Waals surface area contributed by atoms with E-state index in [0.717, 1.165) is 24.6 Å². The average molecular weight is 354 g/mol. The number of guanidine groups is 1. The fraction of sp³-hybridized carbons (Fsp3) is 0.524. The Kier molecular flexibility index (Phi) is 6.09. The second-order valence-corrected chi connectivity index (χ2v) is 7.63. The first-order valence-corrected chi connectivity index (χ1v) is 9.62. The summed E-state index contributed by atoms with van der Waals surface area (Å²) in [6.07, 6.45) is 5.86. The van der Waals surface area contributed by atoms with E-state index in [2.05, 4.69) is 57.6 Å². The summed E-state index contributed by atoms with van der Waals surface area (Å²) in [5, 5.41) is 8.14. The van der Waals surface area contributed by atoms with Crippen LogP contribution in [-0.4, -0.2) is 48.1 Å². The van der Waals surface area contributed by atoms with Crippen molar-refractivity contribution in [2.24, 2.45) is 4.99 Å². The van der Waals surface area contributed by atoms with Gasteiger partial charge in [-0.2, -0.15) is 0 Å². The van der Waals surface area contributed by atoms with Gasteiger partial charge in [-0.25, -0.2) is 0 Å². The van der Waals surface area contributed by atoms with Crippen LogP contribution in [0.5, 0.6) is 0 Å². The van der Waals surface area contributed by atoms with Crippen molar-refractivity contribution in [3.05, 3.63) is 42.1 Å². The molecule has 0 amide bonds. The number of nitrogens with zero attached hydrogens (tertiary/aromatic N) is 3. The van der Waals surface area contributed by atoms with E-state index in [0.29, 0.717) is 0 Å². The van der Waals surface area contributed by atoms with Crippen LogP contribution in [0.1, 0.15) is 38.7 Å². The summed E-state index contributed by atoms with van der Waals surface area (Å²) in [4.78, 5) is 11.4. The zero-order chi connectivity index (χ0) is 18.4. The summed E-state index contributed by atoms with van der Waals surface area (Å²) < 4.78 is 0. The van der Waals surface area contributed by atoms with Crippen LogP contribution in [0.4, 0.5) is 0 Å². The fourth-order valence-corrected chi connectivity index (χ4v) is 3.62. The Morgan fingerprint density at radius 2 is 1.88 bits per heavy atom. The summed E-state index contributed by atoms with van der Waals surface area (Å²) in [7, 11) is 1.83. The number of piperidine rings is 1. The van der Waals surface area contributed by atoms with E-state index in [9.17, 15) is 0 Å². The normalized spacial score (nSPS) is 16.7. The Hall–Kier alpha value is -2.14. The number of rotatable bonds is 5. The van der Waals surface area contributed by atoms with Gasteiger partial charge in [0.05, 0.1) is 5.52 Å². The molecule has 1 aliphatic rings. The van der Waals surface area contributed by atoms with Gasteiger partial charge in [0.15, 0.2) is 5.96 Å². The third kappa shape index (κ3) is 4.52. The van der Waals surface area contributed by atoms with Crippen molar-refractivity contribution in [1.82, 2.24) is 20.5 Å². The first kappa shape index (κ1) is 18.6. The van der Waals surface area contributed by atoms with Gasteiger partial charge in [0.1, 0.15) is 0 Å². The molecule has 0 aliphatic carbocycles. The number of aromatic nitrogens is 1. The lowest BCUT2D eigenvalue weighted by molar-refractivity contribution is 0.0982. The predicted molar refractivity (Wildman–Crippen MR) is 109 cm³/mol. The molecule has 2 aromatic rings. The van der Waals surface area contributed by atoms with E-state index < -0.39 is 0 Å². The molecule has 0 spiro atoms. The lowest BCUT2D eigenvalue weighted by Crippen LogP contribution is -2.54. The smallest absolute Gasteiger partial charge is 0.191 e. The Morgan fingerprint density at radius 1 is 1.12 bits per heavy atom. The minimum atomic E-state index is 0.126. The molecule has 5 nitrogen and oxygen atoms in total. The van der Waals surface area contributed by atoms with Gasteiger partial charge in [-0.1, -0.05) is 24.6 Å². The first-order valence-electron chi connectivity index (χ1n) is 9.62. The Labute approximate surface area is 156 Å². The van der Waals surface area contributed by atoms with E-state index in [1.54, 1.807) is 0 Å². The van der Waals surface area contributed by atoms with Crippen molar-refractivity contribution in [3.63, 3.8) is 0 Å². The third-order valence-electron chi connectivity index (χ3n) is 5.31. The van der Waals surface area contributed by atoms with Gasteiger partial charge in [0.25, 0.3) is 0 Å². The third-order valence-corrected chi connectivity index (χ3v) is 5.31. The van der Waals surface area contributed by atoms with E-state index in [1.807, 2.05) is 25.4 Å². The van der Waals surface area contributed by atoms with Crippen LogP contribution in [0.25, 0.3) is 10.9 Å². The molecule has 0 atom stereocenters. The van der Waals surface area contributed by atoms with Crippen LogP contribution < -0.4 is 10.6 Å². The van der Waals surface area contributed by atoms with Gasteiger partial charge < -0.3 is 10.6 Å². The minimum absolute atomic E-state index is 0.126. The topological polar surface area (TPSA) is 52.6 Å². The minimum Gasteiger partial charge on any atom is -0.355 e. The molecule has 2 heterocycles. The Bertz CT molecular complexity index is 742. The molecule has 1 aromatic carbocycles. The Balaban J connectivity index is 1.58. The molecule has 1 fully saturated rings. The first-order chi connectivity index (χ1) is 12.6. The number of hydrogen-bond acceptors (Lipinski definition) is 3. The van der Waals surface area contributed by atoms with Crippen LogP contribution in [0.3, 0.4) is 0 Å². The highest BCUT2D eigenvalue weighted by Gasteiger charge is 2.27. The highest BCUT2D eigenvalue weighted by atomic mass is 15.2. The molecule has 3 rings (SSSR count). The maximum absolute atomic E-state index is 4.43. The lowest BCUT2D eigenvalue weighted by atomic mass is 9.98. The van der Waals surface area contributed by atoms with Crippen LogP contribution in [0, 0.1) is 0 Å². The van der Waals surface area contributed by atoms with Gasteiger partial charge >= 0.3 is 0 Å². The van der Waals surface area contributed by atoms with Crippen LogP contribution in [-0.2, 0) is 6.54 Å². The maximum atomic E-state index is 4.43. The largest absolute Gasteiger partial charge is 0.355 e. The standard InChI is InChI=1S/C21H31N5/c1-21(2,26-13-7-4-8-14-26)16-25-20(22-3)24-15-17-11-12-23-19-10-6-5-9-18(17)19/h5-6,9-12H,4,7-8,13-16H2,1-3H3,(H2,22,24,25). The molecule has 0 bridgehead atoms. The van der Waals surface area contributed by atoms with E-state index in [4.69, 9.17) is 0 Å². The summed E-state index contributed by atoms with van der Waals surface area (Å²) in [5.74, 6) is 0.843. The molecule has 1 aromatic heterocycles. The van der Waals surface area contributed by atoms with Crippen LogP contribution in [0.15, 0.2) is 41.5 Å². The lowest BCUT2D eigenvalue weighted by Gasteiger charge is -2.41. The van der Waals surface area contributed by atoms with Gasteiger partial charge in [-0.05, 0) is 57.5 Å². The highest BCUT2D eigenvalue weighted by Crippen LogP contribution is 2.20. The molecule has 26 heavy (non-hydrogen) atoms. The molecule has 140 valence electrons. The number of fused-ring (bicyclic) bond motifs is 1. The van der Waals surface area contributed by atoms with Crippen molar-refractivity contribution in [2.45, 2.75) is 45.2 Å². The van der Waals surface area contributed by atoms with E-state index >= 15 is 0 Å². The molecule has 5 heteroatoms. The van der Waals surface area contributed by atoms with Gasteiger partial charge in [0.2, 0.25) is 0 Å². The molecule has 0 unspecified atom stereocenters. The number of nitrogens with one attached hydrogen (secondary N) is 2. The summed E-state index contributed by atoms with van der Waals surface area (Å²) >= 11 is 0. The van der Waals surface area contributed by atoms with Crippen molar-refractivity contribution in [2.75, 3.05) is 26.7 Å². The molecule has 0 saturated carbocycles. The number of benzene rings is 1. The molecule has 0 radical (unpaired) electrons. The number of aliphatic imine (C=N–C) groups is 1. The quantitative estimate of drug-likeness (QED) is 0.640. The fourth-order valence-electron chi connectivity index (χ4n) is 3.62. The maximum Gasteiger partial charge on any atom is 0.191 e. The SMILES string of the molecule is CN=C(NCc1ccnc2ccccc12)NCC(C)(C)N1CCCCC1. The van der Waals surface area contributed by atoms with Gasteiger partial charge in [0, 0.05) is 37.3 Å². The van der Waals surface area contributed by atoms with Gasteiger partial charge in [-0.15, -0.1) is 0 Å². The molecule has 1 aliphatic heterocycles. The second kappa shape index (κ2) is 8.49. The van der Waals surface area contributed by atoms with Gasteiger partial charge in [-0.3, -0.25) is 14.9 Å². The number of pyridine rings is 1. The van der Waals surface area contributed by atoms with Crippen molar-refractivity contribution in [3.8, 4) is 0 Å². The Morgan fingerprint density at radius 3 is 2.65 bits per heavy atom.